The second kappa shape index (κ2) is 7.37. The number of hydrogen-bond donors (Lipinski definition) is 0. The number of aryl methyl sites for hydroxylation is 1. The highest BCUT2D eigenvalue weighted by Gasteiger charge is 2.36. The van der Waals surface area contributed by atoms with Crippen molar-refractivity contribution in [3.63, 3.8) is 0 Å². The third-order valence-corrected chi connectivity index (χ3v) is 3.40. The van der Waals surface area contributed by atoms with Gasteiger partial charge in [0.2, 0.25) is 6.33 Å². The lowest BCUT2D eigenvalue weighted by Crippen LogP contribution is -2.48. The van der Waals surface area contributed by atoms with Crippen LogP contribution in [-0.4, -0.2) is 23.6 Å². The number of alkyl halides is 3. The van der Waals surface area contributed by atoms with Gasteiger partial charge in [0.25, 0.3) is 6.04 Å². The molecule has 9 heteroatoms. The van der Waals surface area contributed by atoms with Gasteiger partial charge in [0, 0.05) is 0 Å². The lowest BCUT2D eigenvalue weighted by atomic mass is 10.1. The average molecular weight is 357 g/mol. The molecule has 0 bridgehead atoms. The van der Waals surface area contributed by atoms with Gasteiger partial charge in [-0.2, -0.15) is 13.2 Å². The quantitative estimate of drug-likeness (QED) is 0.465. The summed E-state index contributed by atoms with van der Waals surface area (Å²) >= 11 is 0. The predicted octanol–water partition coefficient (Wildman–Crippen LogP) is 1.79. The number of halogens is 3. The van der Waals surface area contributed by atoms with E-state index in [1.54, 1.807) is 17.8 Å². The van der Waals surface area contributed by atoms with Gasteiger partial charge in [-0.25, -0.2) is 18.7 Å². The molecule has 0 spiro atoms. The van der Waals surface area contributed by atoms with Crippen LogP contribution in [0.2, 0.25) is 0 Å². The Kier molecular flexibility index (Phi) is 5.45. The summed E-state index contributed by atoms with van der Waals surface area (Å²) in [5.74, 6) is -1.68. The van der Waals surface area contributed by atoms with Crippen molar-refractivity contribution in [2.45, 2.75) is 18.8 Å². The molecule has 2 aromatic rings. The van der Waals surface area contributed by atoms with Gasteiger partial charge in [0.1, 0.15) is 19.0 Å². The normalized spacial score (nSPS) is 12.5. The van der Waals surface area contributed by atoms with Gasteiger partial charge in [0.05, 0.1) is 19.7 Å². The van der Waals surface area contributed by atoms with Crippen LogP contribution in [-0.2, 0) is 38.9 Å². The molecule has 0 amide bonds. The van der Waals surface area contributed by atoms with Crippen LogP contribution >= 0.6 is 0 Å². The van der Waals surface area contributed by atoms with Crippen molar-refractivity contribution in [2.75, 3.05) is 7.11 Å². The van der Waals surface area contributed by atoms with Crippen LogP contribution < -0.4 is 4.57 Å². The third kappa shape index (κ3) is 4.59. The van der Waals surface area contributed by atoms with Crippen molar-refractivity contribution >= 4 is 11.9 Å². The number of methoxy groups -OCH3 is 1. The Labute approximate surface area is 141 Å². The summed E-state index contributed by atoms with van der Waals surface area (Å²) < 4.78 is 50.1. The second-order valence-corrected chi connectivity index (χ2v) is 5.25. The summed E-state index contributed by atoms with van der Waals surface area (Å²) in [4.78, 5) is 24.1. The molecule has 1 aromatic carbocycles. The maximum Gasteiger partial charge on any atom is 0.416 e. The lowest BCUT2D eigenvalue weighted by molar-refractivity contribution is -0.698. The number of aromatic nitrogens is 2. The molecular weight excluding hydrogens is 341 g/mol. The zero-order chi connectivity index (χ0) is 18.6. The van der Waals surface area contributed by atoms with Crippen LogP contribution in [0.15, 0.2) is 43.0 Å². The van der Waals surface area contributed by atoms with E-state index in [0.717, 1.165) is 19.2 Å². The Hall–Kier alpha value is -2.84. The first-order valence-corrected chi connectivity index (χ1v) is 7.15. The Morgan fingerprint density at radius 1 is 1.20 bits per heavy atom. The van der Waals surface area contributed by atoms with E-state index in [1.165, 1.54) is 29.2 Å². The standard InChI is InChI=1S/C16H16F3N2O4/c1-20-7-8-21(10-20)13(14(22)24-2)15(23)25-9-11-3-5-12(6-4-11)16(17,18)19/h3-8,10,13H,9H2,1-2H3/q+1. The Morgan fingerprint density at radius 3 is 2.32 bits per heavy atom. The van der Waals surface area contributed by atoms with Gasteiger partial charge >= 0.3 is 18.1 Å². The molecule has 0 radical (unpaired) electrons. The molecular formula is C16H16F3N2O4+. The number of nitrogens with zero attached hydrogens (tertiary/aromatic N) is 2. The van der Waals surface area contributed by atoms with Gasteiger partial charge in [-0.05, 0) is 17.7 Å². The molecule has 1 unspecified atom stereocenters. The van der Waals surface area contributed by atoms with Crippen LogP contribution in [0.25, 0.3) is 0 Å². The van der Waals surface area contributed by atoms with E-state index in [2.05, 4.69) is 4.74 Å². The summed E-state index contributed by atoms with van der Waals surface area (Å²) in [6.45, 7) is -0.266. The van der Waals surface area contributed by atoms with Crippen molar-refractivity contribution in [3.05, 3.63) is 54.1 Å². The SMILES string of the molecule is COC(=O)C(C(=O)OCc1ccc(C(F)(F)F)cc1)[n+]1ccn(C)c1. The average Bonchev–Trinajstić information content (AvgIpc) is 2.98. The molecule has 1 aromatic heterocycles. The number of esters is 2. The molecule has 134 valence electrons. The number of carbonyl (C=O) groups excluding carboxylic acids is 2. The maximum absolute atomic E-state index is 12.5. The second-order valence-electron chi connectivity index (χ2n) is 5.25. The van der Waals surface area contributed by atoms with E-state index in [4.69, 9.17) is 4.74 Å². The van der Waals surface area contributed by atoms with E-state index in [-0.39, 0.29) is 6.61 Å². The van der Waals surface area contributed by atoms with Crippen molar-refractivity contribution in [2.24, 2.45) is 7.05 Å². The molecule has 0 fully saturated rings. The Morgan fingerprint density at radius 2 is 1.84 bits per heavy atom. The largest absolute Gasteiger partial charge is 0.465 e. The summed E-state index contributed by atoms with van der Waals surface area (Å²) in [6, 6.07) is 2.87. The first-order valence-electron chi connectivity index (χ1n) is 7.15. The first-order chi connectivity index (χ1) is 11.7. The number of hydrogen-bond acceptors (Lipinski definition) is 4. The van der Waals surface area contributed by atoms with Gasteiger partial charge in [-0.3, -0.25) is 0 Å². The molecule has 0 saturated carbocycles. The zero-order valence-electron chi connectivity index (χ0n) is 13.5. The lowest BCUT2D eigenvalue weighted by Gasteiger charge is -2.12. The fraction of sp³-hybridized carbons (Fsp3) is 0.312. The number of imidazole rings is 1. The summed E-state index contributed by atoms with van der Waals surface area (Å²) in [5.41, 5.74) is -0.433. The van der Waals surface area contributed by atoms with Gasteiger partial charge in [0.15, 0.2) is 0 Å². The van der Waals surface area contributed by atoms with E-state index in [0.29, 0.717) is 5.56 Å². The molecule has 0 aliphatic heterocycles. The highest BCUT2D eigenvalue weighted by Crippen LogP contribution is 2.29. The van der Waals surface area contributed by atoms with E-state index < -0.39 is 29.7 Å². The van der Waals surface area contributed by atoms with E-state index in [1.807, 2.05) is 0 Å². The minimum absolute atomic E-state index is 0.266. The van der Waals surface area contributed by atoms with Crippen molar-refractivity contribution in [3.8, 4) is 0 Å². The fourth-order valence-corrected chi connectivity index (χ4v) is 2.10. The van der Waals surface area contributed by atoms with Gasteiger partial charge in [-0.1, -0.05) is 12.1 Å². The number of benzene rings is 1. The van der Waals surface area contributed by atoms with Gasteiger partial charge < -0.3 is 9.47 Å². The summed E-state index contributed by atoms with van der Waals surface area (Å²) in [5, 5.41) is 0. The molecule has 0 saturated heterocycles. The van der Waals surface area contributed by atoms with E-state index >= 15 is 0 Å². The number of rotatable bonds is 5. The highest BCUT2D eigenvalue weighted by atomic mass is 19.4. The third-order valence-electron chi connectivity index (χ3n) is 3.40. The predicted molar refractivity (Wildman–Crippen MR) is 77.9 cm³/mol. The molecule has 1 heterocycles. The molecule has 6 nitrogen and oxygen atoms in total. The Balaban J connectivity index is 2.07. The Bertz CT molecular complexity index is 753. The zero-order valence-corrected chi connectivity index (χ0v) is 13.5. The minimum atomic E-state index is -4.44. The minimum Gasteiger partial charge on any atom is -0.465 e. The molecule has 0 N–H and O–H groups in total. The maximum atomic E-state index is 12.5. The number of ether oxygens (including phenoxy) is 2. The summed E-state index contributed by atoms with van der Waals surface area (Å²) in [6.07, 6.45) is 0.191. The number of carbonyl (C=O) groups is 2. The van der Waals surface area contributed by atoms with Crippen molar-refractivity contribution in [1.29, 1.82) is 0 Å². The van der Waals surface area contributed by atoms with Crippen LogP contribution in [0.4, 0.5) is 13.2 Å². The molecule has 0 aliphatic carbocycles. The highest BCUT2D eigenvalue weighted by molar-refractivity contribution is 5.95. The topological polar surface area (TPSA) is 61.4 Å². The van der Waals surface area contributed by atoms with E-state index in [9.17, 15) is 22.8 Å². The molecule has 25 heavy (non-hydrogen) atoms. The first kappa shape index (κ1) is 18.5. The van der Waals surface area contributed by atoms with Crippen molar-refractivity contribution in [1.82, 2.24) is 4.57 Å². The fourth-order valence-electron chi connectivity index (χ4n) is 2.10. The smallest absolute Gasteiger partial charge is 0.416 e. The molecule has 0 aliphatic rings. The molecule has 2 rings (SSSR count). The summed E-state index contributed by atoms with van der Waals surface area (Å²) in [7, 11) is 2.85. The van der Waals surface area contributed by atoms with Crippen LogP contribution in [0.1, 0.15) is 17.2 Å². The van der Waals surface area contributed by atoms with Crippen LogP contribution in [0.5, 0.6) is 0 Å². The van der Waals surface area contributed by atoms with Crippen molar-refractivity contribution < 1.29 is 36.8 Å². The monoisotopic (exact) mass is 357 g/mol. The molecule has 1 atom stereocenters. The van der Waals surface area contributed by atoms with Crippen LogP contribution in [0.3, 0.4) is 0 Å². The van der Waals surface area contributed by atoms with Crippen LogP contribution in [0, 0.1) is 0 Å². The van der Waals surface area contributed by atoms with Gasteiger partial charge in [-0.15, -0.1) is 0 Å².